The Bertz CT molecular complexity index is 774. The topological polar surface area (TPSA) is 67.8 Å². The summed E-state index contributed by atoms with van der Waals surface area (Å²) in [6.07, 6.45) is 2.04. The van der Waals surface area contributed by atoms with Gasteiger partial charge in [0.25, 0.3) is 0 Å². The van der Waals surface area contributed by atoms with Gasteiger partial charge in [-0.3, -0.25) is 4.79 Å². The number of methoxy groups -OCH3 is 1. The predicted molar refractivity (Wildman–Crippen MR) is 101 cm³/mol. The number of hydrogen-bond donors (Lipinski definition) is 1. The Kier molecular flexibility index (Phi) is 7.03. The summed E-state index contributed by atoms with van der Waals surface area (Å²) in [5, 5.41) is 4.70. The quantitative estimate of drug-likeness (QED) is 0.376. The molecule has 0 spiro atoms. The first-order valence-electron chi connectivity index (χ1n) is 7.35. The molecule has 25 heavy (non-hydrogen) atoms. The highest BCUT2D eigenvalue weighted by Gasteiger charge is 2.14. The molecule has 7 heteroatoms. The van der Waals surface area contributed by atoms with E-state index >= 15 is 0 Å². The average Bonchev–Trinajstić information content (AvgIpc) is 2.64. The van der Waals surface area contributed by atoms with E-state index in [2.05, 4.69) is 15.3 Å². The Morgan fingerprint density at radius 2 is 1.64 bits per heavy atom. The van der Waals surface area contributed by atoms with Crippen molar-refractivity contribution in [2.24, 2.45) is 5.10 Å². The number of nitrogens with one attached hydrogen (secondary N) is 1. The first-order chi connectivity index (χ1) is 12.0. The molecule has 130 valence electrons. The lowest BCUT2D eigenvalue weighted by Gasteiger charge is -2.09. The SMILES string of the molecule is COC(=O)C(=O)N/N=C(/c1ccc(Cl)cc1)c1ccc(CSC)cc1. The van der Waals surface area contributed by atoms with Gasteiger partial charge < -0.3 is 4.74 Å². The fourth-order valence-corrected chi connectivity index (χ4v) is 2.73. The molecular formula is C18H17ClN2O3S. The monoisotopic (exact) mass is 376 g/mol. The summed E-state index contributed by atoms with van der Waals surface area (Å²) in [4.78, 5) is 22.9. The summed E-state index contributed by atoms with van der Waals surface area (Å²) in [5.41, 5.74) is 5.49. The van der Waals surface area contributed by atoms with Crippen LogP contribution in [0.15, 0.2) is 53.6 Å². The van der Waals surface area contributed by atoms with E-state index in [4.69, 9.17) is 11.6 Å². The van der Waals surface area contributed by atoms with E-state index in [0.29, 0.717) is 10.7 Å². The normalized spacial score (nSPS) is 11.1. The fraction of sp³-hybridized carbons (Fsp3) is 0.167. The van der Waals surface area contributed by atoms with E-state index in [9.17, 15) is 9.59 Å². The number of carbonyl (C=O) groups is 2. The molecule has 5 nitrogen and oxygen atoms in total. The summed E-state index contributed by atoms with van der Waals surface area (Å²) < 4.78 is 4.37. The van der Waals surface area contributed by atoms with Crippen molar-refractivity contribution in [2.75, 3.05) is 13.4 Å². The lowest BCUT2D eigenvalue weighted by Crippen LogP contribution is -2.29. The zero-order valence-electron chi connectivity index (χ0n) is 13.8. The molecule has 0 atom stereocenters. The number of hydrogen-bond acceptors (Lipinski definition) is 5. The van der Waals surface area contributed by atoms with Crippen molar-refractivity contribution in [3.8, 4) is 0 Å². The second kappa shape index (κ2) is 9.25. The van der Waals surface area contributed by atoms with Crippen LogP contribution in [0.4, 0.5) is 0 Å². The third-order valence-electron chi connectivity index (χ3n) is 3.30. The van der Waals surface area contributed by atoms with Crippen LogP contribution >= 0.6 is 23.4 Å². The van der Waals surface area contributed by atoms with Crippen molar-refractivity contribution in [1.82, 2.24) is 5.43 Å². The zero-order chi connectivity index (χ0) is 18.2. The van der Waals surface area contributed by atoms with Gasteiger partial charge in [0.05, 0.1) is 12.8 Å². The third-order valence-corrected chi connectivity index (χ3v) is 4.17. The molecule has 0 saturated heterocycles. The van der Waals surface area contributed by atoms with Crippen LogP contribution in [0.5, 0.6) is 0 Å². The minimum atomic E-state index is -1.01. The molecule has 1 N–H and O–H groups in total. The van der Waals surface area contributed by atoms with E-state index in [1.165, 1.54) is 5.56 Å². The number of ether oxygens (including phenoxy) is 1. The van der Waals surface area contributed by atoms with Crippen LogP contribution in [0, 0.1) is 0 Å². The Hall–Kier alpha value is -2.31. The Balaban J connectivity index is 2.36. The maximum absolute atomic E-state index is 11.6. The first kappa shape index (κ1) is 19.0. The molecule has 0 fully saturated rings. The van der Waals surface area contributed by atoms with Crippen molar-refractivity contribution in [3.05, 3.63) is 70.2 Å². The van der Waals surface area contributed by atoms with Gasteiger partial charge in [-0.1, -0.05) is 48.0 Å². The van der Waals surface area contributed by atoms with E-state index in [0.717, 1.165) is 24.0 Å². The number of halogens is 1. The smallest absolute Gasteiger partial charge is 0.398 e. The largest absolute Gasteiger partial charge is 0.462 e. The van der Waals surface area contributed by atoms with Crippen molar-refractivity contribution in [1.29, 1.82) is 0 Å². The molecular weight excluding hydrogens is 360 g/mol. The summed E-state index contributed by atoms with van der Waals surface area (Å²) in [7, 11) is 1.14. The third kappa shape index (κ3) is 5.34. The highest BCUT2D eigenvalue weighted by Crippen LogP contribution is 2.17. The molecule has 0 heterocycles. The molecule has 1 amide bonds. The van der Waals surface area contributed by atoms with Gasteiger partial charge in [-0.25, -0.2) is 10.2 Å². The Morgan fingerprint density at radius 1 is 1.08 bits per heavy atom. The summed E-state index contributed by atoms with van der Waals surface area (Å²) in [5.74, 6) is -1.03. The maximum Gasteiger partial charge on any atom is 0.398 e. The van der Waals surface area contributed by atoms with Gasteiger partial charge in [0.15, 0.2) is 0 Å². The molecule has 0 aliphatic carbocycles. The second-order valence-electron chi connectivity index (χ2n) is 5.03. The molecule has 0 radical (unpaired) electrons. The summed E-state index contributed by atoms with van der Waals surface area (Å²) in [6.45, 7) is 0. The van der Waals surface area contributed by atoms with Crippen molar-refractivity contribution in [3.63, 3.8) is 0 Å². The lowest BCUT2D eigenvalue weighted by atomic mass is 10.0. The molecule has 2 aromatic carbocycles. The van der Waals surface area contributed by atoms with Crippen molar-refractivity contribution >= 4 is 41.0 Å². The highest BCUT2D eigenvalue weighted by molar-refractivity contribution is 7.97. The van der Waals surface area contributed by atoms with Gasteiger partial charge in [-0.05, 0) is 24.0 Å². The number of nitrogens with zero attached hydrogens (tertiary/aromatic N) is 1. The van der Waals surface area contributed by atoms with E-state index in [-0.39, 0.29) is 0 Å². The van der Waals surface area contributed by atoms with Crippen LogP contribution in [-0.4, -0.2) is 31.0 Å². The van der Waals surface area contributed by atoms with Gasteiger partial charge >= 0.3 is 11.9 Å². The average molecular weight is 377 g/mol. The Labute approximate surface area is 155 Å². The number of rotatable bonds is 5. The number of thioether (sulfide) groups is 1. The van der Waals surface area contributed by atoms with Crippen LogP contribution < -0.4 is 5.43 Å². The molecule has 0 aliphatic rings. The zero-order valence-corrected chi connectivity index (χ0v) is 15.4. The lowest BCUT2D eigenvalue weighted by molar-refractivity contribution is -0.152. The van der Waals surface area contributed by atoms with E-state index < -0.39 is 11.9 Å². The molecule has 2 aromatic rings. The first-order valence-corrected chi connectivity index (χ1v) is 9.12. The molecule has 0 unspecified atom stereocenters. The minimum absolute atomic E-state index is 0.518. The highest BCUT2D eigenvalue weighted by atomic mass is 35.5. The number of carbonyl (C=O) groups excluding carboxylic acids is 2. The van der Waals surface area contributed by atoms with E-state index in [1.54, 1.807) is 36.0 Å². The van der Waals surface area contributed by atoms with Gasteiger partial charge in [0.2, 0.25) is 0 Å². The number of benzene rings is 2. The molecule has 0 aliphatic heterocycles. The summed E-state index contributed by atoms with van der Waals surface area (Å²) in [6, 6.07) is 14.9. The summed E-state index contributed by atoms with van der Waals surface area (Å²) >= 11 is 7.67. The fourth-order valence-electron chi connectivity index (χ4n) is 2.07. The molecule has 2 rings (SSSR count). The standard InChI is InChI=1S/C18H17ClN2O3S/c1-24-18(23)17(22)21-20-16(14-7-9-15(19)10-8-14)13-5-3-12(4-6-13)11-25-2/h3-10H,11H2,1-2H3,(H,21,22)/b20-16+. The number of amides is 1. The molecule has 0 saturated carbocycles. The van der Waals surface area contributed by atoms with Gasteiger partial charge in [-0.15, -0.1) is 0 Å². The van der Waals surface area contributed by atoms with Crippen molar-refractivity contribution < 1.29 is 14.3 Å². The minimum Gasteiger partial charge on any atom is -0.462 e. The van der Waals surface area contributed by atoms with Crippen LogP contribution in [0.2, 0.25) is 5.02 Å². The van der Waals surface area contributed by atoms with Crippen LogP contribution in [0.3, 0.4) is 0 Å². The number of hydrazone groups is 1. The van der Waals surface area contributed by atoms with Crippen LogP contribution in [0.1, 0.15) is 16.7 Å². The Morgan fingerprint density at radius 3 is 2.16 bits per heavy atom. The van der Waals surface area contributed by atoms with Gasteiger partial charge in [-0.2, -0.15) is 16.9 Å². The van der Waals surface area contributed by atoms with Crippen LogP contribution in [-0.2, 0) is 20.1 Å². The van der Waals surface area contributed by atoms with E-state index in [1.807, 2.05) is 30.5 Å². The number of esters is 1. The second-order valence-corrected chi connectivity index (χ2v) is 6.33. The molecule has 0 bridgehead atoms. The van der Waals surface area contributed by atoms with Crippen LogP contribution in [0.25, 0.3) is 0 Å². The maximum atomic E-state index is 11.6. The van der Waals surface area contributed by atoms with Gasteiger partial charge in [0.1, 0.15) is 0 Å². The van der Waals surface area contributed by atoms with Crippen molar-refractivity contribution in [2.45, 2.75) is 5.75 Å². The molecule has 0 aromatic heterocycles. The predicted octanol–water partition coefficient (Wildman–Crippen LogP) is 3.24. The van der Waals surface area contributed by atoms with Gasteiger partial charge in [0, 0.05) is 21.9 Å².